The largest absolute Gasteiger partial charge is 0.424 e. The van der Waals surface area contributed by atoms with Crippen LogP contribution < -0.4 is 5.32 Å². The Morgan fingerprint density at radius 2 is 2.18 bits per heavy atom. The molecule has 0 spiro atoms. The van der Waals surface area contributed by atoms with Gasteiger partial charge in [-0.1, -0.05) is 13.0 Å². The second-order valence-corrected chi connectivity index (χ2v) is 4.84. The summed E-state index contributed by atoms with van der Waals surface area (Å²) in [6, 6.07) is 4.25. The molecular weight excluding hydrogens is 234 g/mol. The molecule has 17 heavy (non-hydrogen) atoms. The van der Waals surface area contributed by atoms with Crippen molar-refractivity contribution in [2.24, 2.45) is 0 Å². The lowest BCUT2D eigenvalue weighted by atomic mass is 10.2. The van der Waals surface area contributed by atoms with Crippen LogP contribution in [0, 0.1) is 0 Å². The monoisotopic (exact) mass is 251 g/mol. The molecule has 0 aliphatic carbocycles. The maximum Gasteiger partial charge on any atom is 0.230 e. The Kier molecular flexibility index (Phi) is 4.70. The second-order valence-electron chi connectivity index (χ2n) is 3.80. The SMILES string of the molecule is CCNCc1nnc(CCCc2cccs2)o1. The fourth-order valence-electron chi connectivity index (χ4n) is 1.56. The first-order chi connectivity index (χ1) is 8.38. The maximum absolute atomic E-state index is 5.52. The van der Waals surface area contributed by atoms with Crippen LogP contribution in [0.15, 0.2) is 21.9 Å². The lowest BCUT2D eigenvalue weighted by molar-refractivity contribution is 0.431. The average molecular weight is 251 g/mol. The van der Waals surface area contributed by atoms with E-state index in [0.717, 1.165) is 31.7 Å². The number of hydrogen-bond acceptors (Lipinski definition) is 5. The van der Waals surface area contributed by atoms with E-state index in [-0.39, 0.29) is 0 Å². The van der Waals surface area contributed by atoms with E-state index in [1.54, 1.807) is 11.3 Å². The summed E-state index contributed by atoms with van der Waals surface area (Å²) in [4.78, 5) is 1.41. The van der Waals surface area contributed by atoms with E-state index in [1.165, 1.54) is 4.88 Å². The molecule has 92 valence electrons. The van der Waals surface area contributed by atoms with Gasteiger partial charge in [-0.25, -0.2) is 0 Å². The molecule has 0 saturated heterocycles. The van der Waals surface area contributed by atoms with Crippen LogP contribution in [0.25, 0.3) is 0 Å². The fourth-order valence-corrected chi connectivity index (χ4v) is 2.31. The van der Waals surface area contributed by atoms with E-state index in [0.29, 0.717) is 12.4 Å². The molecule has 0 atom stereocenters. The van der Waals surface area contributed by atoms with Crippen molar-refractivity contribution < 1.29 is 4.42 Å². The van der Waals surface area contributed by atoms with Crippen molar-refractivity contribution in [3.05, 3.63) is 34.2 Å². The van der Waals surface area contributed by atoms with Crippen LogP contribution in [0.4, 0.5) is 0 Å². The van der Waals surface area contributed by atoms with Crippen LogP contribution >= 0.6 is 11.3 Å². The fraction of sp³-hybridized carbons (Fsp3) is 0.500. The van der Waals surface area contributed by atoms with Crippen molar-refractivity contribution >= 4 is 11.3 Å². The van der Waals surface area contributed by atoms with Crippen LogP contribution in [-0.2, 0) is 19.4 Å². The molecule has 0 radical (unpaired) electrons. The molecule has 0 bridgehead atoms. The number of rotatable bonds is 7. The molecular formula is C12H17N3OS. The maximum atomic E-state index is 5.52. The van der Waals surface area contributed by atoms with Crippen molar-refractivity contribution in [2.75, 3.05) is 6.54 Å². The molecule has 2 aromatic heterocycles. The molecule has 0 saturated carbocycles. The number of aromatic nitrogens is 2. The molecule has 2 rings (SSSR count). The van der Waals surface area contributed by atoms with Crippen LogP contribution in [0.2, 0.25) is 0 Å². The summed E-state index contributed by atoms with van der Waals surface area (Å²) >= 11 is 1.80. The van der Waals surface area contributed by atoms with Gasteiger partial charge in [0.25, 0.3) is 0 Å². The molecule has 0 aromatic carbocycles. The van der Waals surface area contributed by atoms with E-state index >= 15 is 0 Å². The molecule has 0 unspecified atom stereocenters. The molecule has 0 fully saturated rings. The molecule has 0 aliphatic heterocycles. The van der Waals surface area contributed by atoms with Crippen molar-refractivity contribution in [1.82, 2.24) is 15.5 Å². The van der Waals surface area contributed by atoms with Crippen LogP contribution in [0.3, 0.4) is 0 Å². The standard InChI is InChI=1S/C12H17N3OS/c1-2-13-9-12-15-14-11(16-12)7-3-5-10-6-4-8-17-10/h4,6,8,13H,2-3,5,7,9H2,1H3. The molecule has 5 heteroatoms. The summed E-state index contributed by atoms with van der Waals surface area (Å²) < 4.78 is 5.52. The molecule has 1 N–H and O–H groups in total. The highest BCUT2D eigenvalue weighted by Gasteiger charge is 2.05. The summed E-state index contributed by atoms with van der Waals surface area (Å²) in [6.07, 6.45) is 3.00. The second kappa shape index (κ2) is 6.51. The lowest BCUT2D eigenvalue weighted by Crippen LogP contribution is -2.11. The Morgan fingerprint density at radius 3 is 2.94 bits per heavy atom. The highest BCUT2D eigenvalue weighted by molar-refractivity contribution is 7.09. The predicted octanol–water partition coefficient (Wildman–Crippen LogP) is 2.42. The molecule has 2 heterocycles. The van der Waals surface area contributed by atoms with E-state index in [1.807, 2.05) is 0 Å². The third-order valence-electron chi connectivity index (χ3n) is 2.43. The Balaban J connectivity index is 1.73. The van der Waals surface area contributed by atoms with Gasteiger partial charge in [-0.3, -0.25) is 0 Å². The zero-order valence-electron chi connectivity index (χ0n) is 9.98. The molecule has 4 nitrogen and oxygen atoms in total. The van der Waals surface area contributed by atoms with E-state index in [2.05, 4.69) is 40.0 Å². The van der Waals surface area contributed by atoms with Crippen molar-refractivity contribution in [2.45, 2.75) is 32.7 Å². The van der Waals surface area contributed by atoms with Gasteiger partial charge in [-0.15, -0.1) is 21.5 Å². The van der Waals surface area contributed by atoms with Gasteiger partial charge in [0, 0.05) is 11.3 Å². The van der Waals surface area contributed by atoms with Gasteiger partial charge in [0.1, 0.15) is 0 Å². The van der Waals surface area contributed by atoms with Crippen LogP contribution in [0.5, 0.6) is 0 Å². The Bertz CT molecular complexity index is 425. The van der Waals surface area contributed by atoms with Crippen molar-refractivity contribution in [3.8, 4) is 0 Å². The normalized spacial score (nSPS) is 10.9. The summed E-state index contributed by atoms with van der Waals surface area (Å²) in [6.45, 7) is 3.63. The first kappa shape index (κ1) is 12.3. The minimum absolute atomic E-state index is 0.661. The highest BCUT2D eigenvalue weighted by Crippen LogP contribution is 2.12. The van der Waals surface area contributed by atoms with E-state index < -0.39 is 0 Å². The summed E-state index contributed by atoms with van der Waals surface area (Å²) in [5.41, 5.74) is 0. The zero-order valence-corrected chi connectivity index (χ0v) is 10.8. The summed E-state index contributed by atoms with van der Waals surface area (Å²) in [5.74, 6) is 1.42. The zero-order chi connectivity index (χ0) is 11.9. The van der Waals surface area contributed by atoms with Gasteiger partial charge in [-0.05, 0) is 30.8 Å². The molecule has 0 amide bonds. The van der Waals surface area contributed by atoms with Gasteiger partial charge >= 0.3 is 0 Å². The van der Waals surface area contributed by atoms with Crippen LogP contribution in [0.1, 0.15) is 30.0 Å². The summed E-state index contributed by atoms with van der Waals surface area (Å²) in [5, 5.41) is 13.3. The average Bonchev–Trinajstić information content (AvgIpc) is 2.98. The van der Waals surface area contributed by atoms with Gasteiger partial charge in [-0.2, -0.15) is 0 Å². The third kappa shape index (κ3) is 3.94. The van der Waals surface area contributed by atoms with Gasteiger partial charge < -0.3 is 9.73 Å². The van der Waals surface area contributed by atoms with Crippen LogP contribution in [-0.4, -0.2) is 16.7 Å². The Labute approximate surface area is 105 Å². The lowest BCUT2D eigenvalue weighted by Gasteiger charge is -1.95. The number of aryl methyl sites for hydroxylation is 2. The molecule has 2 aromatic rings. The van der Waals surface area contributed by atoms with Gasteiger partial charge in [0.15, 0.2) is 0 Å². The Morgan fingerprint density at radius 1 is 1.29 bits per heavy atom. The number of thiophene rings is 1. The van der Waals surface area contributed by atoms with Gasteiger partial charge in [0.05, 0.1) is 6.54 Å². The minimum Gasteiger partial charge on any atom is -0.424 e. The molecule has 0 aliphatic rings. The Hall–Kier alpha value is -1.20. The predicted molar refractivity (Wildman–Crippen MR) is 68.0 cm³/mol. The van der Waals surface area contributed by atoms with Crippen molar-refractivity contribution in [1.29, 1.82) is 0 Å². The minimum atomic E-state index is 0.661. The van der Waals surface area contributed by atoms with E-state index in [9.17, 15) is 0 Å². The van der Waals surface area contributed by atoms with E-state index in [4.69, 9.17) is 4.42 Å². The quantitative estimate of drug-likeness (QED) is 0.821. The van der Waals surface area contributed by atoms with Crippen molar-refractivity contribution in [3.63, 3.8) is 0 Å². The number of hydrogen-bond donors (Lipinski definition) is 1. The first-order valence-corrected chi connectivity index (χ1v) is 6.81. The topological polar surface area (TPSA) is 51.0 Å². The summed E-state index contributed by atoms with van der Waals surface area (Å²) in [7, 11) is 0. The third-order valence-corrected chi connectivity index (χ3v) is 3.37. The highest BCUT2D eigenvalue weighted by atomic mass is 32.1. The number of nitrogens with one attached hydrogen (secondary N) is 1. The van der Waals surface area contributed by atoms with Gasteiger partial charge in [0.2, 0.25) is 11.8 Å². The smallest absolute Gasteiger partial charge is 0.230 e. The first-order valence-electron chi connectivity index (χ1n) is 5.93. The number of nitrogens with zero attached hydrogens (tertiary/aromatic N) is 2.